The van der Waals surface area contributed by atoms with Gasteiger partial charge in [0.1, 0.15) is 11.9 Å². The number of benzene rings is 1. The highest BCUT2D eigenvalue weighted by atomic mass is 16.5. The van der Waals surface area contributed by atoms with Crippen molar-refractivity contribution >= 4 is 11.8 Å². The van der Waals surface area contributed by atoms with Gasteiger partial charge in [-0.3, -0.25) is 4.99 Å². The van der Waals surface area contributed by atoms with Crippen molar-refractivity contribution in [2.45, 2.75) is 30.9 Å². The van der Waals surface area contributed by atoms with E-state index in [1.165, 1.54) is 5.57 Å². The minimum atomic E-state index is 0.0679. The van der Waals surface area contributed by atoms with Gasteiger partial charge in [0.2, 0.25) is 0 Å². The third-order valence-corrected chi connectivity index (χ3v) is 4.58. The minimum absolute atomic E-state index is 0.0679. The van der Waals surface area contributed by atoms with Crippen LogP contribution in [0.2, 0.25) is 0 Å². The van der Waals surface area contributed by atoms with Gasteiger partial charge in [0.25, 0.3) is 0 Å². The first-order valence-electron chi connectivity index (χ1n) is 7.84. The first-order chi connectivity index (χ1) is 10.8. The fourth-order valence-electron chi connectivity index (χ4n) is 3.15. The SMILES string of the molecule is NC=CC(=C1C=NC12CC2)c1ccccc1OC1CCOC1. The number of aliphatic imine (C=N–C) groups is 1. The van der Waals surface area contributed by atoms with Gasteiger partial charge in [-0.15, -0.1) is 0 Å². The van der Waals surface area contributed by atoms with Gasteiger partial charge in [-0.2, -0.15) is 0 Å². The van der Waals surface area contributed by atoms with Crippen molar-refractivity contribution in [2.75, 3.05) is 13.2 Å². The van der Waals surface area contributed by atoms with E-state index in [4.69, 9.17) is 15.2 Å². The van der Waals surface area contributed by atoms with Crippen molar-refractivity contribution in [3.63, 3.8) is 0 Å². The Morgan fingerprint density at radius 3 is 2.86 bits per heavy atom. The lowest BCUT2D eigenvalue weighted by atomic mass is 9.90. The Kier molecular flexibility index (Phi) is 3.26. The summed E-state index contributed by atoms with van der Waals surface area (Å²) in [4.78, 5) is 4.54. The van der Waals surface area contributed by atoms with Crippen LogP contribution in [0.3, 0.4) is 0 Å². The molecule has 4 heteroatoms. The number of hydrogen-bond donors (Lipinski definition) is 1. The zero-order chi connectivity index (χ0) is 15.0. The van der Waals surface area contributed by atoms with Crippen molar-refractivity contribution in [3.8, 4) is 5.75 Å². The molecule has 1 unspecified atom stereocenters. The van der Waals surface area contributed by atoms with E-state index in [0.29, 0.717) is 6.61 Å². The molecule has 4 rings (SSSR count). The fourth-order valence-corrected chi connectivity index (χ4v) is 3.15. The van der Waals surface area contributed by atoms with Crippen LogP contribution in [0.5, 0.6) is 5.75 Å². The van der Waals surface area contributed by atoms with E-state index in [-0.39, 0.29) is 11.6 Å². The van der Waals surface area contributed by atoms with E-state index in [2.05, 4.69) is 11.1 Å². The van der Waals surface area contributed by atoms with Crippen LogP contribution in [0, 0.1) is 0 Å². The molecule has 0 bridgehead atoms. The topological polar surface area (TPSA) is 56.8 Å². The third-order valence-electron chi connectivity index (χ3n) is 4.58. The number of nitrogens with zero attached hydrogens (tertiary/aromatic N) is 1. The van der Waals surface area contributed by atoms with Gasteiger partial charge < -0.3 is 15.2 Å². The Bertz CT molecular complexity index is 665. The molecule has 114 valence electrons. The monoisotopic (exact) mass is 296 g/mol. The van der Waals surface area contributed by atoms with E-state index >= 15 is 0 Å². The Morgan fingerprint density at radius 2 is 2.23 bits per heavy atom. The number of allylic oxidation sites excluding steroid dienone is 2. The molecule has 1 aliphatic carbocycles. The van der Waals surface area contributed by atoms with Gasteiger partial charge in [-0.25, -0.2) is 0 Å². The molecule has 4 nitrogen and oxygen atoms in total. The predicted octanol–water partition coefficient (Wildman–Crippen LogP) is 2.70. The molecule has 2 fully saturated rings. The molecule has 22 heavy (non-hydrogen) atoms. The minimum Gasteiger partial charge on any atom is -0.487 e. The summed E-state index contributed by atoms with van der Waals surface area (Å²) in [5.41, 5.74) is 9.25. The molecule has 2 heterocycles. The molecule has 1 saturated carbocycles. The van der Waals surface area contributed by atoms with Crippen LogP contribution in [-0.4, -0.2) is 31.1 Å². The average Bonchev–Trinajstić information content (AvgIpc) is 3.21. The Morgan fingerprint density at radius 1 is 1.36 bits per heavy atom. The first kappa shape index (κ1) is 13.6. The van der Waals surface area contributed by atoms with E-state index in [1.807, 2.05) is 30.5 Å². The second kappa shape index (κ2) is 5.29. The summed E-state index contributed by atoms with van der Waals surface area (Å²) in [7, 11) is 0. The van der Waals surface area contributed by atoms with Gasteiger partial charge >= 0.3 is 0 Å². The average molecular weight is 296 g/mol. The smallest absolute Gasteiger partial charge is 0.127 e. The number of para-hydroxylation sites is 1. The molecule has 2 N–H and O–H groups in total. The summed E-state index contributed by atoms with van der Waals surface area (Å²) >= 11 is 0. The van der Waals surface area contributed by atoms with Crippen molar-refractivity contribution in [1.29, 1.82) is 0 Å². The molecule has 1 spiro atoms. The maximum Gasteiger partial charge on any atom is 0.127 e. The van der Waals surface area contributed by atoms with Gasteiger partial charge in [-0.1, -0.05) is 18.2 Å². The molecule has 1 aromatic carbocycles. The third kappa shape index (κ3) is 2.24. The molecule has 1 aromatic rings. The van der Waals surface area contributed by atoms with Gasteiger partial charge in [0.05, 0.1) is 18.8 Å². The summed E-state index contributed by atoms with van der Waals surface area (Å²) in [5, 5.41) is 0. The molecule has 2 aliphatic heterocycles. The second-order valence-electron chi connectivity index (χ2n) is 6.08. The van der Waals surface area contributed by atoms with Crippen LogP contribution >= 0.6 is 0 Å². The van der Waals surface area contributed by atoms with Gasteiger partial charge in [0.15, 0.2) is 0 Å². The standard InChI is InChI=1S/C18H20N2O2/c19-9-5-14(16-11-20-18(16)7-8-18)15-3-1-2-4-17(15)22-13-6-10-21-12-13/h1-5,9,11,13H,6-8,10,12,19H2. The Balaban J connectivity index is 1.72. The molecule has 3 aliphatic rings. The number of ether oxygens (including phenoxy) is 2. The van der Waals surface area contributed by atoms with Crippen LogP contribution in [0.25, 0.3) is 5.57 Å². The van der Waals surface area contributed by atoms with Crippen molar-refractivity contribution < 1.29 is 9.47 Å². The van der Waals surface area contributed by atoms with Crippen LogP contribution in [0.1, 0.15) is 24.8 Å². The van der Waals surface area contributed by atoms with E-state index in [1.54, 1.807) is 6.20 Å². The molecule has 1 saturated heterocycles. The molecule has 0 amide bonds. The van der Waals surface area contributed by atoms with Crippen molar-refractivity contribution in [3.05, 3.63) is 47.7 Å². The highest BCUT2D eigenvalue weighted by molar-refractivity contribution is 6.03. The molecule has 0 aromatic heterocycles. The lowest BCUT2D eigenvalue weighted by molar-refractivity contribution is 0.141. The van der Waals surface area contributed by atoms with Crippen molar-refractivity contribution in [1.82, 2.24) is 0 Å². The lowest BCUT2D eigenvalue weighted by Gasteiger charge is -2.25. The summed E-state index contributed by atoms with van der Waals surface area (Å²) < 4.78 is 11.6. The van der Waals surface area contributed by atoms with Crippen LogP contribution in [-0.2, 0) is 4.74 Å². The van der Waals surface area contributed by atoms with Crippen LogP contribution in [0.4, 0.5) is 0 Å². The molecular weight excluding hydrogens is 276 g/mol. The Hall–Kier alpha value is -2.07. The van der Waals surface area contributed by atoms with Gasteiger partial charge in [0, 0.05) is 23.8 Å². The second-order valence-corrected chi connectivity index (χ2v) is 6.08. The molecule has 1 atom stereocenters. The van der Waals surface area contributed by atoms with E-state index in [0.717, 1.165) is 42.8 Å². The largest absolute Gasteiger partial charge is 0.487 e. The summed E-state index contributed by atoms with van der Waals surface area (Å²) in [6, 6.07) is 8.15. The summed E-state index contributed by atoms with van der Waals surface area (Å²) in [5.74, 6) is 0.898. The first-order valence-corrected chi connectivity index (χ1v) is 7.84. The van der Waals surface area contributed by atoms with Crippen molar-refractivity contribution in [2.24, 2.45) is 10.7 Å². The maximum atomic E-state index is 6.16. The van der Waals surface area contributed by atoms with Crippen LogP contribution in [0.15, 0.2) is 47.1 Å². The zero-order valence-electron chi connectivity index (χ0n) is 12.5. The zero-order valence-corrected chi connectivity index (χ0v) is 12.5. The quantitative estimate of drug-likeness (QED) is 0.929. The highest BCUT2D eigenvalue weighted by Gasteiger charge is 2.51. The maximum absolute atomic E-state index is 6.16. The summed E-state index contributed by atoms with van der Waals surface area (Å²) in [6.45, 7) is 1.44. The normalized spacial score (nSPS) is 27.2. The number of hydrogen-bond acceptors (Lipinski definition) is 4. The predicted molar refractivity (Wildman–Crippen MR) is 87.0 cm³/mol. The lowest BCUT2D eigenvalue weighted by Crippen LogP contribution is -2.22. The highest BCUT2D eigenvalue weighted by Crippen LogP contribution is 2.53. The number of rotatable bonds is 4. The Labute approximate surface area is 130 Å². The number of nitrogens with two attached hydrogens (primary N) is 1. The molecule has 0 radical (unpaired) electrons. The fraction of sp³-hybridized carbons (Fsp3) is 0.389. The van der Waals surface area contributed by atoms with E-state index < -0.39 is 0 Å². The van der Waals surface area contributed by atoms with E-state index in [9.17, 15) is 0 Å². The summed E-state index contributed by atoms with van der Waals surface area (Å²) in [6.07, 6.45) is 8.89. The van der Waals surface area contributed by atoms with Crippen LogP contribution < -0.4 is 10.5 Å². The van der Waals surface area contributed by atoms with Gasteiger partial charge in [-0.05, 0) is 36.8 Å². The molecular formula is C18H20N2O2.